The Morgan fingerprint density at radius 3 is 2.42 bits per heavy atom. The molecule has 2 aromatic rings. The smallest absolute Gasteiger partial charge is 0.406 e. The van der Waals surface area contributed by atoms with Gasteiger partial charge in [0, 0.05) is 31.2 Å². The number of carbonyl (C=O) groups excluding carboxylic acids is 2. The minimum Gasteiger partial charge on any atom is -0.406 e. The number of urea groups is 1. The van der Waals surface area contributed by atoms with Crippen LogP contribution < -0.4 is 10.1 Å². The first-order chi connectivity index (χ1) is 14.7. The molecular weight excluding hydrogens is 415 g/mol. The zero-order valence-electron chi connectivity index (χ0n) is 16.2. The van der Waals surface area contributed by atoms with Crippen molar-refractivity contribution >= 4 is 17.6 Å². The van der Waals surface area contributed by atoms with Gasteiger partial charge in [0.25, 0.3) is 5.91 Å². The molecule has 0 radical (unpaired) electrons. The quantitative estimate of drug-likeness (QED) is 0.774. The first-order valence-electron chi connectivity index (χ1n) is 9.65. The number of hydrogen-bond donors (Lipinski definition) is 2. The van der Waals surface area contributed by atoms with Crippen LogP contribution in [0.1, 0.15) is 5.56 Å². The fourth-order valence-electron chi connectivity index (χ4n) is 4.05. The highest BCUT2D eigenvalue weighted by Crippen LogP contribution is 2.34. The van der Waals surface area contributed by atoms with Crippen LogP contribution in [0.25, 0.3) is 0 Å². The van der Waals surface area contributed by atoms with E-state index >= 15 is 0 Å². The number of carbonyl (C=O) groups is 2. The number of nitrogens with one attached hydrogen (secondary N) is 1. The minimum absolute atomic E-state index is 0.198. The molecule has 10 heteroatoms. The number of aliphatic hydroxyl groups is 1. The molecule has 0 aliphatic carbocycles. The highest BCUT2D eigenvalue weighted by molar-refractivity contribution is 5.90. The van der Waals surface area contributed by atoms with E-state index in [-0.39, 0.29) is 30.8 Å². The van der Waals surface area contributed by atoms with Crippen LogP contribution in [-0.2, 0) is 11.3 Å². The molecule has 2 saturated heterocycles. The zero-order valence-corrected chi connectivity index (χ0v) is 16.2. The van der Waals surface area contributed by atoms with Gasteiger partial charge in [-0.15, -0.1) is 13.2 Å². The third-order valence-corrected chi connectivity index (χ3v) is 5.50. The SMILES string of the molecule is O=C(Nc1ccc(OC(F)(F)F)cc1)N1C[C@@H]2[C@H](O)C(=O)N(Cc3ccccc3)[C@@H]2C1. The molecule has 2 aromatic carbocycles. The summed E-state index contributed by atoms with van der Waals surface area (Å²) in [7, 11) is 0. The van der Waals surface area contributed by atoms with Gasteiger partial charge < -0.3 is 25.0 Å². The summed E-state index contributed by atoms with van der Waals surface area (Å²) in [5.74, 6) is -1.14. The molecule has 0 bridgehead atoms. The maximum absolute atomic E-state index is 12.6. The second-order valence-corrected chi connectivity index (χ2v) is 7.54. The number of benzene rings is 2. The Morgan fingerprint density at radius 1 is 1.10 bits per heavy atom. The van der Waals surface area contributed by atoms with Gasteiger partial charge in [0.15, 0.2) is 0 Å². The number of halogens is 3. The van der Waals surface area contributed by atoms with Gasteiger partial charge >= 0.3 is 12.4 Å². The summed E-state index contributed by atoms with van der Waals surface area (Å²) in [5, 5.41) is 13.0. The number of rotatable bonds is 4. The van der Waals surface area contributed by atoms with E-state index in [1.54, 1.807) is 4.90 Å². The molecule has 0 spiro atoms. The van der Waals surface area contributed by atoms with Crippen LogP contribution in [0.3, 0.4) is 0 Å². The number of anilines is 1. The van der Waals surface area contributed by atoms with Gasteiger partial charge in [-0.05, 0) is 29.8 Å². The summed E-state index contributed by atoms with van der Waals surface area (Å²) in [6.45, 7) is 0.791. The third-order valence-electron chi connectivity index (χ3n) is 5.50. The second-order valence-electron chi connectivity index (χ2n) is 7.54. The van der Waals surface area contributed by atoms with Crippen molar-refractivity contribution in [2.75, 3.05) is 18.4 Å². The molecule has 3 atom stereocenters. The van der Waals surface area contributed by atoms with Gasteiger partial charge in [-0.25, -0.2) is 4.79 Å². The zero-order chi connectivity index (χ0) is 22.2. The predicted molar refractivity (Wildman–Crippen MR) is 104 cm³/mol. The molecule has 2 N–H and O–H groups in total. The fraction of sp³-hybridized carbons (Fsp3) is 0.333. The number of alkyl halides is 3. The van der Waals surface area contributed by atoms with Crippen LogP contribution in [0.2, 0.25) is 0 Å². The number of amides is 3. The van der Waals surface area contributed by atoms with Crippen molar-refractivity contribution in [3.63, 3.8) is 0 Å². The average molecular weight is 435 g/mol. The maximum Gasteiger partial charge on any atom is 0.573 e. The van der Waals surface area contributed by atoms with E-state index in [2.05, 4.69) is 10.1 Å². The molecule has 164 valence electrons. The van der Waals surface area contributed by atoms with E-state index in [4.69, 9.17) is 0 Å². The largest absolute Gasteiger partial charge is 0.573 e. The molecule has 31 heavy (non-hydrogen) atoms. The number of hydrogen-bond acceptors (Lipinski definition) is 4. The van der Waals surface area contributed by atoms with E-state index < -0.39 is 24.4 Å². The average Bonchev–Trinajstić information content (AvgIpc) is 3.25. The lowest BCUT2D eigenvalue weighted by molar-refractivity contribution is -0.274. The van der Waals surface area contributed by atoms with Gasteiger partial charge in [-0.2, -0.15) is 0 Å². The Balaban J connectivity index is 1.39. The highest BCUT2D eigenvalue weighted by Gasteiger charge is 2.52. The first kappa shape index (κ1) is 21.0. The fourth-order valence-corrected chi connectivity index (χ4v) is 4.05. The lowest BCUT2D eigenvalue weighted by atomic mass is 10.0. The Labute approximate surface area is 176 Å². The van der Waals surface area contributed by atoms with E-state index in [1.165, 1.54) is 17.0 Å². The number of likely N-dealkylation sites (tertiary alicyclic amines) is 2. The Kier molecular flexibility index (Phi) is 5.48. The standard InChI is InChI=1S/C21H20F3N3O4/c22-21(23,24)31-15-8-6-14(7-9-15)25-20(30)26-11-16-17(12-26)27(19(29)18(16)28)10-13-4-2-1-3-5-13/h1-9,16-18,28H,10-12H2,(H,25,30)/t16-,17+,18-/m0/s1. The molecule has 0 saturated carbocycles. The van der Waals surface area contributed by atoms with Crippen LogP contribution >= 0.6 is 0 Å². The molecule has 0 aromatic heterocycles. The lowest BCUT2D eigenvalue weighted by Crippen LogP contribution is -2.41. The Bertz CT molecular complexity index is 953. The van der Waals surface area contributed by atoms with Crippen molar-refractivity contribution in [3.05, 3.63) is 60.2 Å². The van der Waals surface area contributed by atoms with Gasteiger partial charge in [0.05, 0.1) is 6.04 Å². The van der Waals surface area contributed by atoms with Crippen LogP contribution in [0, 0.1) is 5.92 Å². The molecule has 2 fully saturated rings. The molecule has 0 unspecified atom stereocenters. The summed E-state index contributed by atoms with van der Waals surface area (Å²) >= 11 is 0. The summed E-state index contributed by atoms with van der Waals surface area (Å²) in [5.41, 5.74) is 1.22. The van der Waals surface area contributed by atoms with Gasteiger partial charge in [-0.3, -0.25) is 4.79 Å². The number of ether oxygens (including phenoxy) is 1. The predicted octanol–water partition coefficient (Wildman–Crippen LogP) is 2.82. The molecule has 4 rings (SSSR count). The molecule has 2 aliphatic heterocycles. The van der Waals surface area contributed by atoms with Crippen LogP contribution in [0.4, 0.5) is 23.7 Å². The number of aliphatic hydroxyl groups excluding tert-OH is 1. The third kappa shape index (κ3) is 4.58. The van der Waals surface area contributed by atoms with E-state index in [0.29, 0.717) is 12.2 Å². The molecule has 2 heterocycles. The molecule has 7 nitrogen and oxygen atoms in total. The summed E-state index contributed by atoms with van der Waals surface area (Å²) in [6, 6.07) is 13.4. The Hall–Kier alpha value is -3.27. The number of fused-ring (bicyclic) bond motifs is 1. The van der Waals surface area contributed by atoms with Crippen molar-refractivity contribution in [3.8, 4) is 5.75 Å². The Morgan fingerprint density at radius 2 is 1.77 bits per heavy atom. The summed E-state index contributed by atoms with van der Waals surface area (Å²) < 4.78 is 40.6. The van der Waals surface area contributed by atoms with Crippen molar-refractivity contribution in [1.29, 1.82) is 0 Å². The monoisotopic (exact) mass is 435 g/mol. The highest BCUT2D eigenvalue weighted by atomic mass is 19.4. The first-order valence-corrected chi connectivity index (χ1v) is 9.65. The topological polar surface area (TPSA) is 82.1 Å². The minimum atomic E-state index is -4.79. The van der Waals surface area contributed by atoms with Crippen molar-refractivity contribution in [2.45, 2.75) is 25.1 Å². The van der Waals surface area contributed by atoms with Gasteiger partial charge in [-0.1, -0.05) is 30.3 Å². The molecule has 3 amide bonds. The summed E-state index contributed by atoms with van der Waals surface area (Å²) in [4.78, 5) is 28.2. The van der Waals surface area contributed by atoms with Gasteiger partial charge in [0.1, 0.15) is 11.9 Å². The van der Waals surface area contributed by atoms with Crippen LogP contribution in [-0.4, -0.2) is 58.4 Å². The molecule has 2 aliphatic rings. The lowest BCUT2D eigenvalue weighted by Gasteiger charge is -2.25. The second kappa shape index (κ2) is 8.10. The normalized spacial score (nSPS) is 23.1. The van der Waals surface area contributed by atoms with Gasteiger partial charge in [0.2, 0.25) is 0 Å². The van der Waals surface area contributed by atoms with E-state index in [0.717, 1.165) is 17.7 Å². The number of nitrogens with zero attached hydrogens (tertiary/aromatic N) is 2. The van der Waals surface area contributed by atoms with E-state index in [9.17, 15) is 27.9 Å². The summed E-state index contributed by atoms with van der Waals surface area (Å²) in [6.07, 6.45) is -5.97. The van der Waals surface area contributed by atoms with Crippen molar-refractivity contribution in [2.24, 2.45) is 5.92 Å². The molecular formula is C21H20F3N3O4. The van der Waals surface area contributed by atoms with Crippen LogP contribution in [0.5, 0.6) is 5.75 Å². The maximum atomic E-state index is 12.6. The van der Waals surface area contributed by atoms with Crippen LogP contribution in [0.15, 0.2) is 54.6 Å². The van der Waals surface area contributed by atoms with Crippen molar-refractivity contribution < 1.29 is 32.6 Å². The van der Waals surface area contributed by atoms with Crippen molar-refractivity contribution in [1.82, 2.24) is 9.80 Å². The van der Waals surface area contributed by atoms with E-state index in [1.807, 2.05) is 30.3 Å².